The van der Waals surface area contributed by atoms with Crippen LogP contribution in [0.25, 0.3) is 0 Å². The highest BCUT2D eigenvalue weighted by atomic mass is 16.4. The van der Waals surface area contributed by atoms with Crippen molar-refractivity contribution in [3.8, 4) is 0 Å². The number of carboxylic acid groups (broad SMARTS) is 1. The normalized spacial score (nSPS) is 11.0. The summed E-state index contributed by atoms with van der Waals surface area (Å²) in [6.07, 6.45) is -0.0904. The summed E-state index contributed by atoms with van der Waals surface area (Å²) in [4.78, 5) is 36.6. The number of carbonyl (C=O) groups excluding carboxylic acids is 2. The largest absolute Gasteiger partial charge is 0.481 e. The van der Waals surface area contributed by atoms with Crippen molar-refractivity contribution in [2.75, 3.05) is 19.6 Å². The van der Waals surface area contributed by atoms with Crippen LogP contribution in [0.2, 0.25) is 0 Å². The molecular formula is C18H26N2O4. The summed E-state index contributed by atoms with van der Waals surface area (Å²) < 4.78 is 0. The Hall–Kier alpha value is -2.37. The lowest BCUT2D eigenvalue weighted by molar-refractivity contribution is -0.137. The van der Waals surface area contributed by atoms with Crippen molar-refractivity contribution in [3.63, 3.8) is 0 Å². The fourth-order valence-corrected chi connectivity index (χ4v) is 2.03. The first-order valence-electron chi connectivity index (χ1n) is 8.03. The molecule has 0 spiro atoms. The molecule has 0 radical (unpaired) electrons. The molecule has 6 heteroatoms. The summed E-state index contributed by atoms with van der Waals surface area (Å²) in [6.45, 7) is 9.06. The van der Waals surface area contributed by atoms with Gasteiger partial charge in [0.05, 0.1) is 6.42 Å². The van der Waals surface area contributed by atoms with Crippen LogP contribution in [-0.4, -0.2) is 47.4 Å². The molecule has 0 aromatic heterocycles. The highest BCUT2D eigenvalue weighted by molar-refractivity contribution is 5.97. The quantitative estimate of drug-likeness (QED) is 0.801. The molecule has 0 aliphatic carbocycles. The topological polar surface area (TPSA) is 86.7 Å². The molecule has 0 saturated heterocycles. The second-order valence-corrected chi connectivity index (χ2v) is 6.85. The van der Waals surface area contributed by atoms with E-state index in [2.05, 4.69) is 5.32 Å². The van der Waals surface area contributed by atoms with Gasteiger partial charge in [0.25, 0.3) is 11.8 Å². The van der Waals surface area contributed by atoms with Crippen LogP contribution in [0.4, 0.5) is 0 Å². The fourth-order valence-electron chi connectivity index (χ4n) is 2.03. The zero-order valence-electron chi connectivity index (χ0n) is 14.8. The Kier molecular flexibility index (Phi) is 6.95. The molecule has 0 fully saturated rings. The maximum Gasteiger partial charge on any atom is 0.305 e. The lowest BCUT2D eigenvalue weighted by Crippen LogP contribution is -2.33. The third kappa shape index (κ3) is 6.40. The Morgan fingerprint density at radius 1 is 1.08 bits per heavy atom. The first-order chi connectivity index (χ1) is 11.1. The molecule has 0 bridgehead atoms. The summed E-state index contributed by atoms with van der Waals surface area (Å²) in [5.74, 6) is -1.35. The molecule has 0 heterocycles. The minimum absolute atomic E-state index is 0.00264. The molecule has 0 aliphatic rings. The van der Waals surface area contributed by atoms with Crippen molar-refractivity contribution in [1.82, 2.24) is 10.2 Å². The minimum atomic E-state index is -0.938. The van der Waals surface area contributed by atoms with E-state index in [0.717, 1.165) is 0 Å². The average molecular weight is 334 g/mol. The van der Waals surface area contributed by atoms with E-state index in [-0.39, 0.29) is 30.2 Å². The van der Waals surface area contributed by atoms with Crippen molar-refractivity contribution in [3.05, 3.63) is 35.4 Å². The predicted octanol–water partition coefficient (Wildman–Crippen LogP) is 2.40. The summed E-state index contributed by atoms with van der Waals surface area (Å²) in [5, 5.41) is 11.6. The Morgan fingerprint density at radius 2 is 1.62 bits per heavy atom. The number of carbonyl (C=O) groups is 3. The van der Waals surface area contributed by atoms with Gasteiger partial charge >= 0.3 is 5.97 Å². The Labute approximate surface area is 142 Å². The van der Waals surface area contributed by atoms with Crippen LogP contribution < -0.4 is 5.32 Å². The van der Waals surface area contributed by atoms with Crippen molar-refractivity contribution >= 4 is 17.8 Å². The van der Waals surface area contributed by atoms with E-state index in [1.807, 2.05) is 20.8 Å². The number of hydrogen-bond donors (Lipinski definition) is 2. The zero-order chi connectivity index (χ0) is 18.3. The van der Waals surface area contributed by atoms with Gasteiger partial charge in [0.1, 0.15) is 0 Å². The van der Waals surface area contributed by atoms with Gasteiger partial charge in [-0.05, 0) is 36.6 Å². The lowest BCUT2D eigenvalue weighted by Gasteiger charge is -2.20. The van der Waals surface area contributed by atoms with E-state index in [9.17, 15) is 14.4 Å². The molecule has 0 saturated carbocycles. The summed E-state index contributed by atoms with van der Waals surface area (Å²) in [5.41, 5.74) is 0.927. The van der Waals surface area contributed by atoms with Crippen LogP contribution in [0.15, 0.2) is 24.3 Å². The third-order valence-corrected chi connectivity index (χ3v) is 3.44. The molecule has 132 valence electrons. The van der Waals surface area contributed by atoms with E-state index in [1.54, 1.807) is 31.2 Å². The predicted molar refractivity (Wildman–Crippen MR) is 92.1 cm³/mol. The van der Waals surface area contributed by atoms with Crippen molar-refractivity contribution < 1.29 is 19.5 Å². The molecule has 0 aliphatic heterocycles. The van der Waals surface area contributed by atoms with Crippen LogP contribution in [-0.2, 0) is 4.79 Å². The second-order valence-electron chi connectivity index (χ2n) is 6.85. The highest BCUT2D eigenvalue weighted by Gasteiger charge is 2.17. The number of benzene rings is 1. The van der Waals surface area contributed by atoms with Crippen molar-refractivity contribution in [2.45, 2.75) is 34.1 Å². The van der Waals surface area contributed by atoms with Gasteiger partial charge in [-0.2, -0.15) is 0 Å². The van der Waals surface area contributed by atoms with E-state index in [0.29, 0.717) is 24.2 Å². The van der Waals surface area contributed by atoms with Crippen LogP contribution in [0.5, 0.6) is 0 Å². The Balaban J connectivity index is 2.73. The summed E-state index contributed by atoms with van der Waals surface area (Å²) in [7, 11) is 0. The van der Waals surface area contributed by atoms with Gasteiger partial charge in [0, 0.05) is 30.8 Å². The smallest absolute Gasteiger partial charge is 0.305 e. The number of rotatable bonds is 7. The van der Waals surface area contributed by atoms with Crippen LogP contribution in [0.1, 0.15) is 54.8 Å². The molecule has 2 amide bonds. The summed E-state index contributed by atoms with van der Waals surface area (Å²) >= 11 is 0. The maximum atomic E-state index is 12.4. The zero-order valence-corrected chi connectivity index (χ0v) is 14.8. The molecule has 6 nitrogen and oxygen atoms in total. The number of nitrogens with zero attached hydrogens (tertiary/aromatic N) is 1. The van der Waals surface area contributed by atoms with Gasteiger partial charge < -0.3 is 15.3 Å². The number of carboxylic acids is 1. The number of nitrogens with one attached hydrogen (secondary N) is 1. The number of amides is 2. The monoisotopic (exact) mass is 334 g/mol. The van der Waals surface area contributed by atoms with Gasteiger partial charge in [0.2, 0.25) is 0 Å². The third-order valence-electron chi connectivity index (χ3n) is 3.44. The van der Waals surface area contributed by atoms with Crippen LogP contribution in [0.3, 0.4) is 0 Å². The molecule has 2 N–H and O–H groups in total. The van der Waals surface area contributed by atoms with E-state index < -0.39 is 5.97 Å². The fraction of sp³-hybridized carbons (Fsp3) is 0.500. The second kappa shape index (κ2) is 8.47. The first kappa shape index (κ1) is 19.7. The molecule has 24 heavy (non-hydrogen) atoms. The van der Waals surface area contributed by atoms with Crippen molar-refractivity contribution in [2.24, 2.45) is 5.41 Å². The SMILES string of the molecule is CCN(CCC(=O)O)C(=O)c1ccc(C(=O)NCC(C)(C)C)cc1. The molecule has 0 atom stereocenters. The summed E-state index contributed by atoms with van der Waals surface area (Å²) in [6, 6.07) is 6.40. The Morgan fingerprint density at radius 3 is 2.08 bits per heavy atom. The Bertz CT molecular complexity index is 588. The van der Waals surface area contributed by atoms with Crippen molar-refractivity contribution in [1.29, 1.82) is 0 Å². The molecule has 1 aromatic carbocycles. The molecule has 1 aromatic rings. The standard InChI is InChI=1S/C18H26N2O4/c1-5-20(11-10-15(21)22)17(24)14-8-6-13(7-9-14)16(23)19-12-18(2,3)4/h6-9H,5,10-12H2,1-4H3,(H,19,23)(H,21,22). The minimum Gasteiger partial charge on any atom is -0.481 e. The lowest BCUT2D eigenvalue weighted by atomic mass is 9.97. The van der Waals surface area contributed by atoms with Gasteiger partial charge in [-0.25, -0.2) is 0 Å². The van der Waals surface area contributed by atoms with E-state index in [1.165, 1.54) is 4.90 Å². The van der Waals surface area contributed by atoms with Gasteiger partial charge in [0.15, 0.2) is 0 Å². The molecule has 0 unspecified atom stereocenters. The highest BCUT2D eigenvalue weighted by Crippen LogP contribution is 2.12. The van der Waals surface area contributed by atoms with E-state index in [4.69, 9.17) is 5.11 Å². The van der Waals surface area contributed by atoms with Crippen LogP contribution in [0, 0.1) is 5.41 Å². The van der Waals surface area contributed by atoms with Crippen LogP contribution >= 0.6 is 0 Å². The molecule has 1 rings (SSSR count). The maximum absolute atomic E-state index is 12.4. The number of aliphatic carboxylic acids is 1. The van der Waals surface area contributed by atoms with Gasteiger partial charge in [-0.1, -0.05) is 20.8 Å². The molecular weight excluding hydrogens is 308 g/mol. The number of hydrogen-bond acceptors (Lipinski definition) is 3. The van der Waals surface area contributed by atoms with Gasteiger partial charge in [-0.3, -0.25) is 14.4 Å². The van der Waals surface area contributed by atoms with Gasteiger partial charge in [-0.15, -0.1) is 0 Å². The average Bonchev–Trinajstić information content (AvgIpc) is 2.52. The first-order valence-corrected chi connectivity index (χ1v) is 8.03. The van der Waals surface area contributed by atoms with E-state index >= 15 is 0 Å².